The van der Waals surface area contributed by atoms with Gasteiger partial charge in [0.2, 0.25) is 5.91 Å². The average Bonchev–Trinajstić information content (AvgIpc) is 2.45. The van der Waals surface area contributed by atoms with Crippen LogP contribution in [0.3, 0.4) is 0 Å². The van der Waals surface area contributed by atoms with E-state index in [2.05, 4.69) is 0 Å². The maximum Gasteiger partial charge on any atom is 0.326 e. The molecule has 1 aliphatic rings. The largest absolute Gasteiger partial charge is 0.480 e. The molecular weight excluding hydrogens is 191 g/mol. The number of carbonyl (C=O) groups is 2. The van der Waals surface area contributed by atoms with Gasteiger partial charge in [0, 0.05) is 6.42 Å². The Kier molecular flexibility index (Phi) is 3.05. The van der Waals surface area contributed by atoms with Crippen molar-refractivity contribution < 1.29 is 19.1 Å². The number of aliphatic carboxylic acids is 1. The fraction of sp³-hybridized carbons (Fsp3) is 0.750. The van der Waals surface area contributed by atoms with Crippen LogP contribution in [0.25, 0.3) is 0 Å². The number of nitrogens with two attached hydrogens (primary N) is 1. The highest BCUT2D eigenvalue weighted by Crippen LogP contribution is 2.21. The Balaban J connectivity index is 2.76. The highest BCUT2D eigenvalue weighted by molar-refractivity contribution is 5.87. The Hall–Kier alpha value is -1.17. The number of likely N-dealkylation sites (tertiary alicyclic amines) is 1. The second kappa shape index (κ2) is 3.91. The van der Waals surface area contributed by atoms with Crippen LogP contribution in [-0.4, -0.2) is 46.7 Å². The lowest BCUT2D eigenvalue weighted by Crippen LogP contribution is -2.47. The number of carbonyl (C=O) groups excluding carboxylic acids is 1. The maximum absolute atomic E-state index is 12.9. The van der Waals surface area contributed by atoms with Crippen molar-refractivity contribution in [3.63, 3.8) is 0 Å². The first kappa shape index (κ1) is 10.9. The van der Waals surface area contributed by atoms with Crippen molar-refractivity contribution >= 4 is 11.9 Å². The van der Waals surface area contributed by atoms with Gasteiger partial charge in [-0.05, 0) is 6.92 Å². The van der Waals surface area contributed by atoms with Crippen molar-refractivity contribution in [3.05, 3.63) is 0 Å². The predicted molar refractivity (Wildman–Crippen MR) is 46.3 cm³/mol. The SMILES string of the molecule is C[C@H](N)C(=O)N1CC(F)C[C@H]1C(=O)O. The molecule has 0 bridgehead atoms. The van der Waals surface area contributed by atoms with Crippen LogP contribution in [-0.2, 0) is 9.59 Å². The minimum absolute atomic E-state index is 0.145. The van der Waals surface area contributed by atoms with Crippen molar-refractivity contribution in [1.29, 1.82) is 0 Å². The molecule has 0 radical (unpaired) electrons. The van der Waals surface area contributed by atoms with Crippen molar-refractivity contribution in [2.45, 2.75) is 31.6 Å². The normalized spacial score (nSPS) is 28.9. The summed E-state index contributed by atoms with van der Waals surface area (Å²) < 4.78 is 12.9. The lowest BCUT2D eigenvalue weighted by molar-refractivity contribution is -0.148. The summed E-state index contributed by atoms with van der Waals surface area (Å²) in [4.78, 5) is 23.1. The van der Waals surface area contributed by atoms with Crippen LogP contribution in [0.2, 0.25) is 0 Å². The summed E-state index contributed by atoms with van der Waals surface area (Å²) in [5.41, 5.74) is 5.32. The van der Waals surface area contributed by atoms with Crippen LogP contribution in [0.5, 0.6) is 0 Å². The predicted octanol–water partition coefficient (Wildman–Crippen LogP) is -0.643. The standard InChI is InChI=1S/C8H13FN2O3/c1-4(10)7(12)11-3-5(9)2-6(11)8(13)14/h4-6H,2-3,10H2,1H3,(H,13,14)/t4-,5?,6-/m0/s1. The number of hydrogen-bond acceptors (Lipinski definition) is 3. The number of rotatable bonds is 2. The highest BCUT2D eigenvalue weighted by atomic mass is 19.1. The molecule has 1 unspecified atom stereocenters. The molecule has 1 saturated heterocycles. The molecule has 1 amide bonds. The first-order valence-corrected chi connectivity index (χ1v) is 4.36. The number of alkyl halides is 1. The highest BCUT2D eigenvalue weighted by Gasteiger charge is 2.40. The van der Waals surface area contributed by atoms with E-state index < -0.39 is 30.1 Å². The second-order valence-corrected chi connectivity index (χ2v) is 3.47. The van der Waals surface area contributed by atoms with Crippen molar-refractivity contribution in [2.75, 3.05) is 6.54 Å². The molecule has 1 aliphatic heterocycles. The number of carboxylic acids is 1. The molecule has 5 nitrogen and oxygen atoms in total. The van der Waals surface area contributed by atoms with E-state index in [-0.39, 0.29) is 13.0 Å². The number of nitrogens with zero attached hydrogens (tertiary/aromatic N) is 1. The fourth-order valence-electron chi connectivity index (χ4n) is 1.52. The van der Waals surface area contributed by atoms with Crippen LogP contribution in [0.4, 0.5) is 4.39 Å². The quantitative estimate of drug-likeness (QED) is 0.626. The molecule has 0 aromatic carbocycles. The third kappa shape index (κ3) is 2.01. The molecule has 3 N–H and O–H groups in total. The first-order valence-electron chi connectivity index (χ1n) is 4.36. The summed E-state index contributed by atoms with van der Waals surface area (Å²) in [7, 11) is 0. The summed E-state index contributed by atoms with van der Waals surface area (Å²) in [5.74, 6) is -1.70. The van der Waals surface area contributed by atoms with E-state index in [4.69, 9.17) is 10.8 Å². The van der Waals surface area contributed by atoms with E-state index in [1.54, 1.807) is 0 Å². The Labute approximate surface area is 80.7 Å². The number of carboxylic acid groups (broad SMARTS) is 1. The van der Waals surface area contributed by atoms with Crippen LogP contribution < -0.4 is 5.73 Å². The summed E-state index contributed by atoms with van der Waals surface area (Å²) >= 11 is 0. The summed E-state index contributed by atoms with van der Waals surface area (Å²) in [6.45, 7) is 1.28. The van der Waals surface area contributed by atoms with Gasteiger partial charge < -0.3 is 15.7 Å². The van der Waals surface area contributed by atoms with Crippen LogP contribution >= 0.6 is 0 Å². The molecule has 3 atom stereocenters. The molecule has 14 heavy (non-hydrogen) atoms. The Morgan fingerprint density at radius 1 is 1.64 bits per heavy atom. The van der Waals surface area contributed by atoms with Gasteiger partial charge in [0.15, 0.2) is 0 Å². The minimum atomic E-state index is -1.26. The molecule has 0 aliphatic carbocycles. The zero-order valence-electron chi connectivity index (χ0n) is 7.81. The van der Waals surface area contributed by atoms with Gasteiger partial charge in [-0.15, -0.1) is 0 Å². The van der Waals surface area contributed by atoms with E-state index in [1.165, 1.54) is 6.92 Å². The first-order chi connectivity index (χ1) is 6.43. The van der Waals surface area contributed by atoms with Gasteiger partial charge in [0.25, 0.3) is 0 Å². The van der Waals surface area contributed by atoms with Gasteiger partial charge >= 0.3 is 5.97 Å². The minimum Gasteiger partial charge on any atom is -0.480 e. The molecule has 80 valence electrons. The number of hydrogen-bond donors (Lipinski definition) is 2. The molecule has 1 rings (SSSR count). The summed E-state index contributed by atoms with van der Waals surface area (Å²) in [5, 5.41) is 8.73. The van der Waals surface area contributed by atoms with E-state index in [1.807, 2.05) is 0 Å². The zero-order chi connectivity index (χ0) is 10.9. The number of halogens is 1. The molecule has 0 aromatic heterocycles. The molecule has 0 saturated carbocycles. The monoisotopic (exact) mass is 204 g/mol. The van der Waals surface area contributed by atoms with Gasteiger partial charge in [-0.25, -0.2) is 9.18 Å². The van der Waals surface area contributed by atoms with E-state index in [0.29, 0.717) is 0 Å². The molecular formula is C8H13FN2O3. The lowest BCUT2D eigenvalue weighted by atomic mass is 10.2. The Bertz CT molecular complexity index is 257. The van der Waals surface area contributed by atoms with Gasteiger partial charge in [-0.2, -0.15) is 0 Å². The zero-order valence-corrected chi connectivity index (χ0v) is 7.81. The Morgan fingerprint density at radius 3 is 2.64 bits per heavy atom. The third-order valence-corrected chi connectivity index (χ3v) is 2.21. The van der Waals surface area contributed by atoms with Gasteiger partial charge in [-0.3, -0.25) is 4.79 Å². The van der Waals surface area contributed by atoms with Crippen molar-refractivity contribution in [3.8, 4) is 0 Å². The third-order valence-electron chi connectivity index (χ3n) is 2.21. The van der Waals surface area contributed by atoms with Crippen molar-refractivity contribution in [1.82, 2.24) is 4.90 Å². The lowest BCUT2D eigenvalue weighted by Gasteiger charge is -2.22. The van der Waals surface area contributed by atoms with Gasteiger partial charge in [0.05, 0.1) is 12.6 Å². The smallest absolute Gasteiger partial charge is 0.326 e. The molecule has 1 fully saturated rings. The molecule has 1 heterocycles. The summed E-state index contributed by atoms with van der Waals surface area (Å²) in [6.07, 6.45) is -1.41. The molecule has 6 heteroatoms. The van der Waals surface area contributed by atoms with E-state index >= 15 is 0 Å². The second-order valence-electron chi connectivity index (χ2n) is 3.47. The fourth-order valence-corrected chi connectivity index (χ4v) is 1.52. The van der Waals surface area contributed by atoms with Gasteiger partial charge in [-0.1, -0.05) is 0 Å². The van der Waals surface area contributed by atoms with Crippen LogP contribution in [0, 0.1) is 0 Å². The topological polar surface area (TPSA) is 83.6 Å². The van der Waals surface area contributed by atoms with E-state index in [9.17, 15) is 14.0 Å². The van der Waals surface area contributed by atoms with Crippen molar-refractivity contribution in [2.24, 2.45) is 5.73 Å². The van der Waals surface area contributed by atoms with Gasteiger partial charge in [0.1, 0.15) is 12.2 Å². The molecule has 0 spiro atoms. The average molecular weight is 204 g/mol. The van der Waals surface area contributed by atoms with Crippen LogP contribution in [0.15, 0.2) is 0 Å². The van der Waals surface area contributed by atoms with E-state index in [0.717, 1.165) is 4.90 Å². The molecule has 0 aromatic rings. The number of amides is 1. The summed E-state index contributed by atoms with van der Waals surface area (Å²) in [6, 6.07) is -1.86. The Morgan fingerprint density at radius 2 is 2.21 bits per heavy atom. The maximum atomic E-state index is 12.9. The van der Waals surface area contributed by atoms with Crippen LogP contribution in [0.1, 0.15) is 13.3 Å².